The molecule has 0 aliphatic heterocycles. The van der Waals surface area contributed by atoms with E-state index in [2.05, 4.69) is 52.0 Å². The molecule has 7 heteroatoms. The maximum absolute atomic E-state index is 13.8. The highest BCUT2D eigenvalue weighted by molar-refractivity contribution is 6.03. The molecule has 46 heavy (non-hydrogen) atoms. The molecule has 2 aromatic heterocycles. The topological polar surface area (TPSA) is 92.9 Å². The molecule has 0 bridgehead atoms. The van der Waals surface area contributed by atoms with Gasteiger partial charge in [0.2, 0.25) is 5.91 Å². The predicted molar refractivity (Wildman–Crippen MR) is 184 cm³/mol. The number of carbonyl (C=O) groups excluding carboxylic acids is 1. The van der Waals surface area contributed by atoms with Crippen molar-refractivity contribution >= 4 is 29.3 Å². The van der Waals surface area contributed by atoms with Gasteiger partial charge in [-0.2, -0.15) is 0 Å². The number of pyridine rings is 2. The maximum Gasteiger partial charge on any atom is 0.248 e. The fourth-order valence-electron chi connectivity index (χ4n) is 5.55. The summed E-state index contributed by atoms with van der Waals surface area (Å²) in [5.41, 5.74) is 11.6. The van der Waals surface area contributed by atoms with Crippen molar-refractivity contribution in [1.82, 2.24) is 9.97 Å². The number of halogens is 1. The molecular weight excluding hydrogens is 573 g/mol. The highest BCUT2D eigenvalue weighted by Gasteiger charge is 2.36. The van der Waals surface area contributed by atoms with Crippen LogP contribution in [0.15, 0.2) is 146 Å². The van der Waals surface area contributed by atoms with Gasteiger partial charge in [0.05, 0.1) is 11.4 Å². The van der Waals surface area contributed by atoms with Crippen LogP contribution in [0.5, 0.6) is 0 Å². The first-order chi connectivity index (χ1) is 22.4. The molecule has 0 fully saturated rings. The molecule has 0 aliphatic rings. The molecule has 1 amide bonds. The van der Waals surface area contributed by atoms with E-state index in [1.807, 2.05) is 73.7 Å². The van der Waals surface area contributed by atoms with Gasteiger partial charge in [0.25, 0.3) is 0 Å². The van der Waals surface area contributed by atoms with Gasteiger partial charge < -0.3 is 16.4 Å². The average Bonchev–Trinajstić information content (AvgIpc) is 3.08. The second-order valence-corrected chi connectivity index (χ2v) is 10.9. The minimum atomic E-state index is -0.750. The van der Waals surface area contributed by atoms with Crippen LogP contribution in [0.1, 0.15) is 27.9 Å². The van der Waals surface area contributed by atoms with Crippen molar-refractivity contribution in [3.05, 3.63) is 179 Å². The molecule has 4 aromatic carbocycles. The number of aromatic nitrogens is 2. The van der Waals surface area contributed by atoms with Gasteiger partial charge in [-0.25, -0.2) is 14.4 Å². The summed E-state index contributed by atoms with van der Waals surface area (Å²) in [5.74, 6) is 0.0276. The lowest BCUT2D eigenvalue weighted by molar-refractivity contribution is -0.111. The third-order valence-corrected chi connectivity index (χ3v) is 7.67. The molecule has 2 heterocycles. The molecule has 226 valence electrons. The number of hydrogen-bond donors (Lipinski definition) is 3. The van der Waals surface area contributed by atoms with E-state index in [1.54, 1.807) is 30.5 Å². The second kappa shape index (κ2) is 13.3. The van der Waals surface area contributed by atoms with Crippen molar-refractivity contribution in [2.45, 2.75) is 12.5 Å². The first-order valence-electron chi connectivity index (χ1n) is 14.8. The summed E-state index contributed by atoms with van der Waals surface area (Å²) in [6.07, 6.45) is 4.60. The van der Waals surface area contributed by atoms with E-state index in [1.165, 1.54) is 18.2 Å². The summed E-state index contributed by atoms with van der Waals surface area (Å²) >= 11 is 0. The third-order valence-electron chi connectivity index (χ3n) is 7.67. The number of hydrogen-bond acceptors (Lipinski definition) is 5. The standard InChI is InChI=1S/C39H32FN5O/c1-27-22-34(20-21-37(46)44-35-25-29(26-42-38(35)41)28-12-11-19-33(40)24-28)43-36(23-27)45-39(30-13-5-2-6-14-30,31-15-7-3-8-16-31)32-17-9-4-10-18-32/h2-26H,1H3,(H2,41,42)(H,43,45)(H,44,46). The Morgan fingerprint density at radius 2 is 1.37 bits per heavy atom. The number of nitrogens with one attached hydrogen (secondary N) is 2. The molecule has 0 saturated carbocycles. The number of aryl methyl sites for hydroxylation is 1. The molecule has 4 N–H and O–H groups in total. The van der Waals surface area contributed by atoms with Crippen LogP contribution in [0.3, 0.4) is 0 Å². The molecule has 0 unspecified atom stereocenters. The van der Waals surface area contributed by atoms with Gasteiger partial charge in [-0.05, 0) is 71.1 Å². The van der Waals surface area contributed by atoms with Crippen LogP contribution < -0.4 is 16.4 Å². The van der Waals surface area contributed by atoms with Crippen LogP contribution in [-0.4, -0.2) is 15.9 Å². The largest absolute Gasteiger partial charge is 0.382 e. The van der Waals surface area contributed by atoms with Crippen molar-refractivity contribution in [3.8, 4) is 11.1 Å². The number of rotatable bonds is 9. The first-order valence-corrected chi connectivity index (χ1v) is 14.8. The Labute approximate surface area is 267 Å². The monoisotopic (exact) mass is 605 g/mol. The Kier molecular flexibility index (Phi) is 8.65. The summed E-state index contributed by atoms with van der Waals surface area (Å²) < 4.78 is 13.8. The summed E-state index contributed by atoms with van der Waals surface area (Å²) in [4.78, 5) is 22.1. The van der Waals surface area contributed by atoms with Gasteiger partial charge in [-0.1, -0.05) is 103 Å². The number of nitrogens with two attached hydrogens (primary N) is 1. The van der Waals surface area contributed by atoms with Gasteiger partial charge in [0.1, 0.15) is 23.0 Å². The SMILES string of the molecule is Cc1cc(C=CC(=O)Nc2cc(-c3cccc(F)c3)cnc2N)nc(NC(c2ccccc2)(c2ccccc2)c2ccccc2)c1. The fourth-order valence-corrected chi connectivity index (χ4v) is 5.55. The molecule has 0 radical (unpaired) electrons. The van der Waals surface area contributed by atoms with Crippen molar-refractivity contribution in [1.29, 1.82) is 0 Å². The molecule has 6 aromatic rings. The van der Waals surface area contributed by atoms with Crippen molar-refractivity contribution in [2.75, 3.05) is 16.4 Å². The quantitative estimate of drug-likeness (QED) is 0.114. The van der Waals surface area contributed by atoms with Crippen LogP contribution in [0.2, 0.25) is 0 Å². The fraction of sp³-hybridized carbons (Fsp3) is 0.0513. The lowest BCUT2D eigenvalue weighted by Crippen LogP contribution is -2.38. The normalized spacial score (nSPS) is 11.3. The number of benzene rings is 4. The van der Waals surface area contributed by atoms with E-state index < -0.39 is 11.4 Å². The van der Waals surface area contributed by atoms with Crippen LogP contribution >= 0.6 is 0 Å². The third kappa shape index (κ3) is 6.54. The molecule has 0 saturated heterocycles. The Morgan fingerprint density at radius 3 is 1.96 bits per heavy atom. The van der Waals surface area contributed by atoms with E-state index in [0.29, 0.717) is 28.3 Å². The summed E-state index contributed by atoms with van der Waals surface area (Å²) in [6, 6.07) is 42.6. The smallest absolute Gasteiger partial charge is 0.248 e. The molecular formula is C39H32FN5O. The van der Waals surface area contributed by atoms with Crippen LogP contribution in [0.4, 0.5) is 21.7 Å². The van der Waals surface area contributed by atoms with Gasteiger partial charge >= 0.3 is 0 Å². The Bertz CT molecular complexity index is 1900. The van der Waals surface area contributed by atoms with Crippen LogP contribution in [0.25, 0.3) is 17.2 Å². The minimum absolute atomic E-state index is 0.154. The highest BCUT2D eigenvalue weighted by atomic mass is 19.1. The number of nitrogen functional groups attached to an aromatic ring is 1. The van der Waals surface area contributed by atoms with Crippen molar-refractivity contribution < 1.29 is 9.18 Å². The van der Waals surface area contributed by atoms with Gasteiger partial charge in [0.15, 0.2) is 0 Å². The van der Waals surface area contributed by atoms with Crippen molar-refractivity contribution in [3.63, 3.8) is 0 Å². The van der Waals surface area contributed by atoms with E-state index in [4.69, 9.17) is 10.7 Å². The number of nitrogens with zero attached hydrogens (tertiary/aromatic N) is 2. The van der Waals surface area contributed by atoms with Gasteiger partial charge in [0, 0.05) is 17.8 Å². The number of carbonyl (C=O) groups is 1. The molecule has 6 nitrogen and oxygen atoms in total. The predicted octanol–water partition coefficient (Wildman–Crippen LogP) is 8.23. The minimum Gasteiger partial charge on any atom is -0.382 e. The first kappa shape index (κ1) is 30.0. The molecule has 0 aliphatic carbocycles. The van der Waals surface area contributed by atoms with E-state index >= 15 is 0 Å². The molecule has 0 atom stereocenters. The summed E-state index contributed by atoms with van der Waals surface area (Å²) in [7, 11) is 0. The zero-order chi connectivity index (χ0) is 31.9. The van der Waals surface area contributed by atoms with E-state index in [-0.39, 0.29) is 11.6 Å². The zero-order valence-corrected chi connectivity index (χ0v) is 25.2. The second-order valence-electron chi connectivity index (χ2n) is 10.9. The lowest BCUT2D eigenvalue weighted by atomic mass is 9.77. The highest BCUT2D eigenvalue weighted by Crippen LogP contribution is 2.40. The summed E-state index contributed by atoms with van der Waals surface area (Å²) in [5, 5.41) is 6.57. The zero-order valence-electron chi connectivity index (χ0n) is 25.2. The Hall–Kier alpha value is -6.08. The number of amides is 1. The molecule has 0 spiro atoms. The van der Waals surface area contributed by atoms with Gasteiger partial charge in [-0.3, -0.25) is 4.79 Å². The summed E-state index contributed by atoms with van der Waals surface area (Å²) in [6.45, 7) is 1.99. The van der Waals surface area contributed by atoms with Crippen LogP contribution in [-0.2, 0) is 10.3 Å². The molecule has 6 rings (SSSR count). The Morgan fingerprint density at radius 1 is 0.761 bits per heavy atom. The van der Waals surface area contributed by atoms with Crippen molar-refractivity contribution in [2.24, 2.45) is 0 Å². The van der Waals surface area contributed by atoms with E-state index in [9.17, 15) is 9.18 Å². The average molecular weight is 606 g/mol. The number of anilines is 3. The lowest BCUT2D eigenvalue weighted by Gasteiger charge is -2.37. The maximum atomic E-state index is 13.8. The van der Waals surface area contributed by atoms with E-state index in [0.717, 1.165) is 22.3 Å². The van der Waals surface area contributed by atoms with Crippen LogP contribution in [0, 0.1) is 12.7 Å². The Balaban J connectivity index is 1.31. The van der Waals surface area contributed by atoms with Gasteiger partial charge in [-0.15, -0.1) is 0 Å².